The van der Waals surface area contributed by atoms with E-state index in [1.807, 2.05) is 0 Å². The Balaban J connectivity index is 1.54. The third-order valence-electron chi connectivity index (χ3n) is 13.7. The number of methoxy groups -OCH3 is 1. The largest absolute Gasteiger partial charge is 0.456 e. The first-order valence-corrected chi connectivity index (χ1v) is 20.6. The number of nitrogens with one attached hydrogen (secondary N) is 1. The van der Waals surface area contributed by atoms with E-state index < -0.39 is 118 Å². The van der Waals surface area contributed by atoms with Gasteiger partial charge in [0.1, 0.15) is 29.0 Å². The zero-order valence-electron chi connectivity index (χ0n) is 36.5. The normalized spacial score (nSPS) is 33.9. The Morgan fingerprint density at radius 3 is 2.08 bits per heavy atom. The number of alkyl carbamates (subject to hydrolysis) is 1. The average molecular weight is 850 g/mol. The Morgan fingerprint density at radius 1 is 0.951 bits per heavy atom. The Hall–Kier alpha value is -4.67. The van der Waals surface area contributed by atoms with E-state index in [0.717, 1.165) is 0 Å². The van der Waals surface area contributed by atoms with Crippen LogP contribution in [0.4, 0.5) is 4.79 Å². The Kier molecular flexibility index (Phi) is 12.2. The highest BCUT2D eigenvalue weighted by atomic mass is 16.6. The van der Waals surface area contributed by atoms with Crippen LogP contribution in [-0.4, -0.2) is 112 Å². The number of benzene rings is 2. The zero-order chi connectivity index (χ0) is 45.1. The van der Waals surface area contributed by atoms with Crippen LogP contribution >= 0.6 is 0 Å². The molecule has 61 heavy (non-hydrogen) atoms. The molecule has 6 rings (SSSR count). The molecule has 0 radical (unpaired) electrons. The third-order valence-corrected chi connectivity index (χ3v) is 13.7. The summed E-state index contributed by atoms with van der Waals surface area (Å²) in [5.41, 5.74) is -8.38. The molecule has 1 heterocycles. The van der Waals surface area contributed by atoms with E-state index in [1.165, 1.54) is 26.2 Å². The van der Waals surface area contributed by atoms with E-state index in [1.54, 1.807) is 104 Å². The summed E-state index contributed by atoms with van der Waals surface area (Å²) >= 11 is 0. The van der Waals surface area contributed by atoms with Crippen LogP contribution in [0.1, 0.15) is 97.1 Å². The van der Waals surface area contributed by atoms with Gasteiger partial charge in [-0.05, 0) is 70.4 Å². The Bertz CT molecular complexity index is 2060. The Morgan fingerprint density at radius 2 is 1.56 bits per heavy atom. The van der Waals surface area contributed by atoms with Crippen LogP contribution in [-0.2, 0) is 42.8 Å². The van der Waals surface area contributed by atoms with Crippen LogP contribution in [0.25, 0.3) is 0 Å². The molecule has 3 aliphatic carbocycles. The second-order valence-electron chi connectivity index (χ2n) is 18.7. The molecule has 0 aromatic heterocycles. The smallest absolute Gasteiger partial charge is 0.408 e. The molecule has 2 aromatic rings. The molecule has 1 aliphatic heterocycles. The standard InChI is InChI=1S/C46H59NO14/c1-25-30(58-39(53)34(50)33(27-17-13-11-14-18-27)47-40(54)61-41(3,4)5)21-45(55)37(59-38(52)28-19-15-12-16-20-28)35-44(9,36(51)29(23-48)32(25)42(45,6)7)31(56-10)22-43(8)46(35,24-57-43)60-26(2)49/h11-20,29-31,33-35,37,48,50,55H,21-24H2,1-10H3,(H,47,54)/t29-,30+,31+,33+,34-,35+,37+,43-,44-,45-,46-/m1/s1. The minimum Gasteiger partial charge on any atom is -0.456 e. The molecule has 4 aliphatic rings. The van der Waals surface area contributed by atoms with Crippen molar-refractivity contribution >= 4 is 29.8 Å². The van der Waals surface area contributed by atoms with E-state index in [0.29, 0.717) is 11.1 Å². The van der Waals surface area contributed by atoms with Crippen LogP contribution in [0.2, 0.25) is 0 Å². The highest BCUT2D eigenvalue weighted by molar-refractivity contribution is 5.93. The van der Waals surface area contributed by atoms with Crippen LogP contribution in [0.3, 0.4) is 0 Å². The van der Waals surface area contributed by atoms with Gasteiger partial charge in [0, 0.05) is 32.3 Å². The lowest BCUT2D eigenvalue weighted by Crippen LogP contribution is -2.85. The number of ketones is 1. The molecule has 3 fully saturated rings. The molecule has 15 heteroatoms. The molecule has 15 nitrogen and oxygen atoms in total. The van der Waals surface area contributed by atoms with Crippen LogP contribution in [0.5, 0.6) is 0 Å². The monoisotopic (exact) mass is 849 g/mol. The molecule has 2 aromatic carbocycles. The van der Waals surface area contributed by atoms with E-state index in [9.17, 15) is 34.5 Å². The third kappa shape index (κ3) is 7.55. The van der Waals surface area contributed by atoms with Gasteiger partial charge in [-0.2, -0.15) is 0 Å². The maximum atomic E-state index is 15.6. The maximum Gasteiger partial charge on any atom is 0.408 e. The number of esters is 3. The van der Waals surface area contributed by atoms with Gasteiger partial charge in [-0.25, -0.2) is 14.4 Å². The summed E-state index contributed by atoms with van der Waals surface area (Å²) < 4.78 is 36.6. The highest BCUT2D eigenvalue weighted by Gasteiger charge is 2.81. The van der Waals surface area contributed by atoms with Gasteiger partial charge < -0.3 is 49.1 Å². The van der Waals surface area contributed by atoms with Crippen molar-refractivity contribution in [2.24, 2.45) is 22.7 Å². The molecule has 332 valence electrons. The van der Waals surface area contributed by atoms with Crippen molar-refractivity contribution < 1.29 is 67.7 Å². The second-order valence-corrected chi connectivity index (χ2v) is 18.7. The molecule has 0 unspecified atom stereocenters. The summed E-state index contributed by atoms with van der Waals surface area (Å²) in [4.78, 5) is 70.4. The first-order chi connectivity index (χ1) is 28.4. The van der Waals surface area contributed by atoms with Crippen molar-refractivity contribution in [3.8, 4) is 0 Å². The summed E-state index contributed by atoms with van der Waals surface area (Å²) in [6.07, 6.45) is -7.39. The van der Waals surface area contributed by atoms with Gasteiger partial charge >= 0.3 is 24.0 Å². The molecule has 2 bridgehead atoms. The first-order valence-electron chi connectivity index (χ1n) is 20.6. The summed E-state index contributed by atoms with van der Waals surface area (Å²) in [5.74, 6) is -6.03. The molecule has 11 atom stereocenters. The number of rotatable bonds is 10. The summed E-state index contributed by atoms with van der Waals surface area (Å²) in [5, 5.41) is 39.3. The SMILES string of the molecule is CO[C@H]1C[C@@]2(C)OC[C@@]2(OC(C)=O)[C@H]2[C@H](OC(=O)c3ccccc3)[C@]3(O)C[C@H](OC(=O)[C@H](O)[C@@H](NC(=O)OC(C)(C)C)c4ccccc4)C(C)=C([C@@H](CO)C(=O)[C@]12C)C3(C)C. The van der Waals surface area contributed by atoms with Crippen LogP contribution in [0, 0.1) is 22.7 Å². The minimum absolute atomic E-state index is 0.0604. The van der Waals surface area contributed by atoms with Crippen molar-refractivity contribution in [1.82, 2.24) is 5.32 Å². The number of carbonyl (C=O) groups excluding carboxylic acids is 5. The topological polar surface area (TPSA) is 213 Å². The lowest BCUT2D eigenvalue weighted by atomic mass is 9.42. The van der Waals surface area contributed by atoms with Crippen molar-refractivity contribution in [2.75, 3.05) is 20.3 Å². The number of ether oxygens (including phenoxy) is 6. The molecule has 0 spiro atoms. The van der Waals surface area contributed by atoms with Gasteiger partial charge in [-0.15, -0.1) is 0 Å². The van der Waals surface area contributed by atoms with Crippen molar-refractivity contribution in [3.63, 3.8) is 0 Å². The predicted molar refractivity (Wildman–Crippen MR) is 218 cm³/mol. The number of aliphatic hydroxyl groups is 3. The quantitative estimate of drug-likeness (QED) is 0.147. The molecule has 1 amide bonds. The summed E-state index contributed by atoms with van der Waals surface area (Å²) in [6, 6.07) is 14.9. The van der Waals surface area contributed by atoms with Gasteiger partial charge in [0.2, 0.25) is 0 Å². The molecular weight excluding hydrogens is 790 g/mol. The molecule has 2 saturated carbocycles. The fraction of sp³-hybridized carbons (Fsp3) is 0.587. The summed E-state index contributed by atoms with van der Waals surface area (Å²) in [7, 11) is 1.42. The number of Topliss-reactive ketones (excluding diaryl/α,β-unsaturated/α-hetero) is 1. The van der Waals surface area contributed by atoms with Gasteiger partial charge in [0.05, 0.1) is 48.2 Å². The van der Waals surface area contributed by atoms with E-state index >= 15 is 4.79 Å². The van der Waals surface area contributed by atoms with Crippen molar-refractivity contribution in [1.29, 1.82) is 0 Å². The first kappa shape index (κ1) is 45.8. The van der Waals surface area contributed by atoms with Gasteiger partial charge in [0.15, 0.2) is 17.5 Å². The van der Waals surface area contributed by atoms with Crippen molar-refractivity contribution in [2.45, 2.75) is 128 Å². The number of hydrogen-bond acceptors (Lipinski definition) is 14. The maximum absolute atomic E-state index is 15.6. The molecular formula is C46H59NO14. The van der Waals surface area contributed by atoms with E-state index in [2.05, 4.69) is 5.32 Å². The van der Waals surface area contributed by atoms with Gasteiger partial charge in [-0.1, -0.05) is 62.4 Å². The van der Waals surface area contributed by atoms with Crippen molar-refractivity contribution in [3.05, 3.63) is 82.9 Å². The predicted octanol–water partition coefficient (Wildman–Crippen LogP) is 4.55. The zero-order valence-corrected chi connectivity index (χ0v) is 36.5. The lowest BCUT2D eigenvalue weighted by Gasteiger charge is -2.71. The Labute approximate surface area is 356 Å². The fourth-order valence-electron chi connectivity index (χ4n) is 10.6. The number of fused-ring (bicyclic) bond motifs is 5. The number of amides is 1. The fourth-order valence-corrected chi connectivity index (χ4v) is 10.6. The van der Waals surface area contributed by atoms with E-state index in [-0.39, 0.29) is 24.2 Å². The van der Waals surface area contributed by atoms with Gasteiger partial charge in [0.25, 0.3) is 0 Å². The average Bonchev–Trinajstić information content (AvgIpc) is 3.19. The van der Waals surface area contributed by atoms with Crippen LogP contribution in [0.15, 0.2) is 71.8 Å². The summed E-state index contributed by atoms with van der Waals surface area (Å²) in [6.45, 7) is 13.5. The number of hydrogen-bond donors (Lipinski definition) is 4. The highest BCUT2D eigenvalue weighted by Crippen LogP contribution is 2.67. The lowest BCUT2D eigenvalue weighted by molar-refractivity contribution is -0.384. The second kappa shape index (κ2) is 16.2. The molecule has 4 N–H and O–H groups in total. The van der Waals surface area contributed by atoms with Crippen LogP contribution < -0.4 is 5.32 Å². The number of aliphatic hydroxyl groups excluding tert-OH is 2. The minimum atomic E-state index is -2.27. The van der Waals surface area contributed by atoms with Gasteiger partial charge in [-0.3, -0.25) is 9.59 Å². The number of carbonyl (C=O) groups is 5. The van der Waals surface area contributed by atoms with E-state index in [4.69, 9.17) is 28.4 Å². The molecule has 1 saturated heterocycles.